The van der Waals surface area contributed by atoms with Crippen LogP contribution in [0.15, 0.2) is 12.3 Å². The number of halogens is 2. The lowest BCUT2D eigenvalue weighted by Gasteiger charge is -2.07. The van der Waals surface area contributed by atoms with Crippen molar-refractivity contribution in [2.75, 3.05) is 0 Å². The molecule has 4 nitrogen and oxygen atoms in total. The average molecular weight is 221 g/mol. The van der Waals surface area contributed by atoms with Crippen molar-refractivity contribution in [3.63, 3.8) is 0 Å². The molecule has 3 N–H and O–H groups in total. The largest absolute Gasteiger partial charge is 0.480 e. The van der Waals surface area contributed by atoms with Crippen molar-refractivity contribution in [1.82, 2.24) is 4.98 Å². The van der Waals surface area contributed by atoms with Crippen molar-refractivity contribution < 1.29 is 9.90 Å². The minimum atomic E-state index is -1.20. The van der Waals surface area contributed by atoms with E-state index < -0.39 is 12.0 Å². The van der Waals surface area contributed by atoms with Crippen molar-refractivity contribution >= 4 is 29.2 Å². The smallest absolute Gasteiger partial charge is 0.325 e. The molecule has 0 aliphatic carbocycles. The summed E-state index contributed by atoms with van der Waals surface area (Å²) in [5.41, 5.74) is 5.53. The van der Waals surface area contributed by atoms with Crippen molar-refractivity contribution in [3.05, 3.63) is 28.0 Å². The van der Waals surface area contributed by atoms with Gasteiger partial charge in [-0.15, -0.1) is 0 Å². The Morgan fingerprint density at radius 2 is 2.23 bits per heavy atom. The van der Waals surface area contributed by atoms with Crippen LogP contribution in [0.3, 0.4) is 0 Å². The van der Waals surface area contributed by atoms with Gasteiger partial charge in [0.1, 0.15) is 11.2 Å². The summed E-state index contributed by atoms with van der Waals surface area (Å²) in [4.78, 5) is 14.2. The van der Waals surface area contributed by atoms with Gasteiger partial charge in [-0.3, -0.25) is 4.79 Å². The van der Waals surface area contributed by atoms with Crippen molar-refractivity contribution in [2.45, 2.75) is 6.04 Å². The van der Waals surface area contributed by atoms with E-state index in [1.54, 1.807) is 0 Å². The van der Waals surface area contributed by atoms with Gasteiger partial charge in [-0.05, 0) is 6.07 Å². The normalized spacial score (nSPS) is 12.5. The van der Waals surface area contributed by atoms with E-state index in [-0.39, 0.29) is 10.7 Å². The van der Waals surface area contributed by atoms with E-state index in [1.165, 1.54) is 12.3 Å². The van der Waals surface area contributed by atoms with E-state index >= 15 is 0 Å². The molecule has 0 aromatic carbocycles. The summed E-state index contributed by atoms with van der Waals surface area (Å²) in [5, 5.41) is 8.95. The summed E-state index contributed by atoms with van der Waals surface area (Å²) in [7, 11) is 0. The summed E-state index contributed by atoms with van der Waals surface area (Å²) in [6.45, 7) is 0. The highest BCUT2D eigenvalue weighted by Gasteiger charge is 2.18. The van der Waals surface area contributed by atoms with Crippen LogP contribution < -0.4 is 5.73 Å². The molecule has 0 saturated heterocycles. The Labute approximate surface area is 84.3 Å². The Bertz CT molecular complexity index is 343. The predicted octanol–water partition coefficient (Wildman–Crippen LogP) is 1.47. The maximum absolute atomic E-state index is 10.5. The lowest BCUT2D eigenvalue weighted by molar-refractivity contribution is -0.138. The van der Waals surface area contributed by atoms with Crippen LogP contribution in [0.2, 0.25) is 10.2 Å². The summed E-state index contributed by atoms with van der Waals surface area (Å²) in [5.74, 6) is -1.18. The van der Waals surface area contributed by atoms with Crippen molar-refractivity contribution in [1.29, 1.82) is 0 Å². The number of rotatable bonds is 2. The molecular formula is C7H6Cl2N2O2. The molecule has 0 aliphatic rings. The number of nitrogens with zero attached hydrogens (tertiary/aromatic N) is 1. The number of carboxylic acid groups (broad SMARTS) is 1. The van der Waals surface area contributed by atoms with Crippen LogP contribution in [0.5, 0.6) is 0 Å². The minimum absolute atomic E-state index is 0.0549. The second-order valence-electron chi connectivity index (χ2n) is 2.35. The third kappa shape index (κ3) is 2.30. The maximum Gasteiger partial charge on any atom is 0.325 e. The molecule has 0 unspecified atom stereocenters. The Morgan fingerprint density at radius 3 is 2.77 bits per heavy atom. The zero-order chi connectivity index (χ0) is 10.0. The first-order valence-electron chi connectivity index (χ1n) is 3.31. The maximum atomic E-state index is 10.5. The fourth-order valence-corrected chi connectivity index (χ4v) is 1.18. The summed E-state index contributed by atoms with van der Waals surface area (Å²) >= 11 is 11.2. The fourth-order valence-electron chi connectivity index (χ4n) is 0.789. The van der Waals surface area contributed by atoms with Crippen LogP contribution in [0.1, 0.15) is 11.6 Å². The Morgan fingerprint density at radius 1 is 1.62 bits per heavy atom. The highest BCUT2D eigenvalue weighted by molar-refractivity contribution is 6.32. The molecule has 0 bridgehead atoms. The lowest BCUT2D eigenvalue weighted by atomic mass is 10.1. The van der Waals surface area contributed by atoms with Gasteiger partial charge in [-0.25, -0.2) is 4.98 Å². The van der Waals surface area contributed by atoms with Crippen LogP contribution in [0.4, 0.5) is 0 Å². The molecule has 13 heavy (non-hydrogen) atoms. The number of nitrogens with two attached hydrogens (primary N) is 1. The molecule has 1 atom stereocenters. The van der Waals surface area contributed by atoms with Crippen LogP contribution in [-0.4, -0.2) is 16.1 Å². The molecule has 0 spiro atoms. The van der Waals surface area contributed by atoms with E-state index in [1.807, 2.05) is 0 Å². The van der Waals surface area contributed by atoms with E-state index in [2.05, 4.69) is 4.98 Å². The van der Waals surface area contributed by atoms with Crippen LogP contribution >= 0.6 is 23.2 Å². The first-order valence-corrected chi connectivity index (χ1v) is 4.07. The summed E-state index contributed by atoms with van der Waals surface area (Å²) in [6, 6.07) is 0.189. The van der Waals surface area contributed by atoms with Gasteiger partial charge in [0.2, 0.25) is 0 Å². The number of hydrogen-bond donors (Lipinski definition) is 2. The first-order chi connectivity index (χ1) is 6.02. The quantitative estimate of drug-likeness (QED) is 0.741. The third-order valence-electron chi connectivity index (χ3n) is 1.43. The van der Waals surface area contributed by atoms with Gasteiger partial charge in [0, 0.05) is 11.8 Å². The first kappa shape index (κ1) is 10.2. The summed E-state index contributed by atoms with van der Waals surface area (Å²) < 4.78 is 0. The molecule has 1 aromatic rings. The van der Waals surface area contributed by atoms with E-state index in [0.29, 0.717) is 5.02 Å². The molecular weight excluding hydrogens is 215 g/mol. The second-order valence-corrected chi connectivity index (χ2v) is 3.14. The fraction of sp³-hybridized carbons (Fsp3) is 0.143. The van der Waals surface area contributed by atoms with Gasteiger partial charge in [0.25, 0.3) is 0 Å². The van der Waals surface area contributed by atoms with Crippen molar-refractivity contribution in [3.8, 4) is 0 Å². The number of pyridine rings is 1. The van der Waals surface area contributed by atoms with Gasteiger partial charge < -0.3 is 10.8 Å². The second kappa shape index (κ2) is 3.91. The van der Waals surface area contributed by atoms with Gasteiger partial charge in [0.15, 0.2) is 0 Å². The zero-order valence-corrected chi connectivity index (χ0v) is 7.88. The van der Waals surface area contributed by atoms with Gasteiger partial charge in [0.05, 0.1) is 5.02 Å². The molecule has 1 aromatic heterocycles. The zero-order valence-electron chi connectivity index (χ0n) is 6.37. The summed E-state index contributed by atoms with van der Waals surface area (Å²) in [6.07, 6.45) is 1.32. The van der Waals surface area contributed by atoms with E-state index in [4.69, 9.17) is 34.0 Å². The van der Waals surface area contributed by atoms with E-state index in [0.717, 1.165) is 0 Å². The number of aliphatic carboxylic acids is 1. The molecule has 0 fully saturated rings. The van der Waals surface area contributed by atoms with Gasteiger partial charge in [-0.2, -0.15) is 0 Å². The van der Waals surface area contributed by atoms with Gasteiger partial charge in [-0.1, -0.05) is 23.2 Å². The topological polar surface area (TPSA) is 76.2 Å². The average Bonchev–Trinajstić information content (AvgIpc) is 2.08. The molecule has 0 radical (unpaired) electrons. The molecule has 70 valence electrons. The number of carbonyl (C=O) groups is 1. The molecule has 0 saturated carbocycles. The van der Waals surface area contributed by atoms with Crippen molar-refractivity contribution in [2.24, 2.45) is 5.73 Å². The molecule has 1 heterocycles. The predicted molar refractivity (Wildman–Crippen MR) is 48.8 cm³/mol. The molecule has 0 amide bonds. The highest BCUT2D eigenvalue weighted by atomic mass is 35.5. The SMILES string of the molecule is N[C@H](C(=O)O)c1cc(Cl)cnc1Cl. The number of carboxylic acids is 1. The van der Waals surface area contributed by atoms with Gasteiger partial charge >= 0.3 is 5.97 Å². The Kier molecular flexibility index (Phi) is 3.08. The van der Waals surface area contributed by atoms with Crippen LogP contribution in [0, 0.1) is 0 Å². The van der Waals surface area contributed by atoms with Crippen LogP contribution in [-0.2, 0) is 4.79 Å². The molecule has 1 rings (SSSR count). The number of hydrogen-bond acceptors (Lipinski definition) is 3. The number of aromatic nitrogens is 1. The highest BCUT2D eigenvalue weighted by Crippen LogP contribution is 2.22. The monoisotopic (exact) mass is 220 g/mol. The third-order valence-corrected chi connectivity index (χ3v) is 1.96. The molecule has 6 heteroatoms. The van der Waals surface area contributed by atoms with E-state index in [9.17, 15) is 4.79 Å². The molecule has 0 aliphatic heterocycles. The Hall–Kier alpha value is -0.840. The Balaban J connectivity index is 3.12. The standard InChI is InChI=1S/C7H6Cl2N2O2/c8-3-1-4(5(10)7(12)13)6(9)11-2-3/h1-2,5H,10H2,(H,12,13)/t5-/m0/s1. The lowest BCUT2D eigenvalue weighted by Crippen LogP contribution is -2.21. The minimum Gasteiger partial charge on any atom is -0.480 e. The van der Waals surface area contributed by atoms with Crippen LogP contribution in [0.25, 0.3) is 0 Å².